The Morgan fingerprint density at radius 1 is 1.62 bits per heavy atom. The van der Waals surface area contributed by atoms with Gasteiger partial charge >= 0.3 is 0 Å². The molecule has 2 rings (SSSR count). The van der Waals surface area contributed by atoms with E-state index in [1.165, 1.54) is 12.8 Å². The Morgan fingerprint density at radius 3 is 3.15 bits per heavy atom. The maximum Gasteiger partial charge on any atom is 0.133 e. The summed E-state index contributed by atoms with van der Waals surface area (Å²) < 4.78 is 0. The molecule has 1 saturated carbocycles. The molecule has 1 heterocycles. The van der Waals surface area contributed by atoms with Crippen LogP contribution in [0.4, 0.5) is 5.82 Å². The van der Waals surface area contributed by atoms with Gasteiger partial charge in [0, 0.05) is 12.1 Å². The Morgan fingerprint density at radius 2 is 2.46 bits per heavy atom. The number of aromatic nitrogens is 2. The van der Waals surface area contributed by atoms with Crippen LogP contribution in [0.3, 0.4) is 0 Å². The topological polar surface area (TPSA) is 61.6 Å². The smallest absolute Gasteiger partial charge is 0.133 e. The first-order valence-electron chi connectivity index (χ1n) is 4.34. The average molecular weight is 174 g/mol. The van der Waals surface area contributed by atoms with Crippen molar-refractivity contribution in [2.24, 2.45) is 0 Å². The van der Waals surface area contributed by atoms with Crippen molar-refractivity contribution in [1.82, 2.24) is 9.97 Å². The van der Waals surface area contributed by atoms with Crippen molar-refractivity contribution in [2.75, 3.05) is 11.9 Å². The minimum absolute atomic E-state index is 0.293. The molecular weight excluding hydrogens is 164 g/mol. The van der Waals surface area contributed by atoms with Crippen LogP contribution in [-0.2, 0) is 0 Å². The van der Waals surface area contributed by atoms with Crippen LogP contribution >= 0.6 is 0 Å². The van der Waals surface area contributed by atoms with E-state index in [1.807, 2.05) is 6.07 Å². The van der Waals surface area contributed by atoms with Crippen molar-refractivity contribution < 1.29 is 0 Å². The van der Waals surface area contributed by atoms with Gasteiger partial charge < -0.3 is 5.32 Å². The first-order valence-corrected chi connectivity index (χ1v) is 4.34. The maximum atomic E-state index is 8.36. The summed E-state index contributed by atoms with van der Waals surface area (Å²) in [4.78, 5) is 8.47. The second-order valence-corrected chi connectivity index (χ2v) is 3.09. The molecule has 1 aromatic heterocycles. The van der Waals surface area contributed by atoms with Gasteiger partial charge in [0.25, 0.3) is 0 Å². The summed E-state index contributed by atoms with van der Waals surface area (Å²) in [6.07, 6.45) is 4.13. The fraction of sp³-hybridized carbons (Fsp3) is 0.444. The average Bonchev–Trinajstić information content (AvgIpc) is 2.98. The second kappa shape index (κ2) is 3.40. The highest BCUT2D eigenvalue weighted by Crippen LogP contribution is 2.37. The molecule has 1 fully saturated rings. The van der Waals surface area contributed by atoms with Crippen LogP contribution in [0.15, 0.2) is 12.3 Å². The number of nitrogens with zero attached hydrogens (tertiary/aromatic N) is 3. The summed E-state index contributed by atoms with van der Waals surface area (Å²) in [5.41, 5.74) is 0. The molecule has 4 heteroatoms. The van der Waals surface area contributed by atoms with Gasteiger partial charge in [0.1, 0.15) is 18.2 Å². The molecule has 0 atom stereocenters. The van der Waals surface area contributed by atoms with E-state index in [0.29, 0.717) is 12.5 Å². The van der Waals surface area contributed by atoms with Crippen LogP contribution < -0.4 is 5.32 Å². The summed E-state index contributed by atoms with van der Waals surface area (Å²) in [6.45, 7) is 0.293. The molecule has 1 aromatic rings. The lowest BCUT2D eigenvalue weighted by Gasteiger charge is -2.01. The van der Waals surface area contributed by atoms with Gasteiger partial charge in [0.2, 0.25) is 0 Å². The molecule has 0 amide bonds. The zero-order valence-corrected chi connectivity index (χ0v) is 7.20. The van der Waals surface area contributed by atoms with Crippen molar-refractivity contribution in [3.05, 3.63) is 18.1 Å². The highest BCUT2D eigenvalue weighted by molar-refractivity contribution is 5.34. The number of nitrogens with one attached hydrogen (secondary N) is 1. The van der Waals surface area contributed by atoms with E-state index in [0.717, 1.165) is 11.6 Å². The van der Waals surface area contributed by atoms with E-state index >= 15 is 0 Å². The number of hydrogen-bond acceptors (Lipinski definition) is 4. The zero-order chi connectivity index (χ0) is 9.10. The molecule has 0 radical (unpaired) electrons. The van der Waals surface area contributed by atoms with E-state index in [4.69, 9.17) is 5.26 Å². The van der Waals surface area contributed by atoms with Crippen LogP contribution in [0.2, 0.25) is 0 Å². The molecule has 13 heavy (non-hydrogen) atoms. The minimum Gasteiger partial charge on any atom is -0.357 e. The van der Waals surface area contributed by atoms with Crippen LogP contribution in [-0.4, -0.2) is 16.5 Å². The highest BCUT2D eigenvalue weighted by atomic mass is 15.0. The van der Waals surface area contributed by atoms with Crippen molar-refractivity contribution in [3.8, 4) is 6.07 Å². The summed E-state index contributed by atoms with van der Waals surface area (Å²) in [6, 6.07) is 3.79. The summed E-state index contributed by atoms with van der Waals surface area (Å²) >= 11 is 0. The molecular formula is C9H10N4. The lowest BCUT2D eigenvalue weighted by atomic mass is 10.4. The van der Waals surface area contributed by atoms with Gasteiger partial charge in [-0.3, -0.25) is 0 Å². The van der Waals surface area contributed by atoms with Gasteiger partial charge in [-0.1, -0.05) is 0 Å². The molecule has 0 spiro atoms. The molecule has 0 bridgehead atoms. The van der Waals surface area contributed by atoms with E-state index in [2.05, 4.69) is 15.3 Å². The molecule has 1 aliphatic rings. The lowest BCUT2D eigenvalue weighted by molar-refractivity contribution is 0.926. The SMILES string of the molecule is N#CCNc1ccnc(C2CC2)n1. The summed E-state index contributed by atoms with van der Waals surface area (Å²) in [5.74, 6) is 2.21. The van der Waals surface area contributed by atoms with E-state index in [1.54, 1.807) is 12.3 Å². The predicted molar refractivity (Wildman–Crippen MR) is 48.1 cm³/mol. The van der Waals surface area contributed by atoms with Gasteiger partial charge in [-0.25, -0.2) is 9.97 Å². The quantitative estimate of drug-likeness (QED) is 0.701. The van der Waals surface area contributed by atoms with Crippen LogP contribution in [0.5, 0.6) is 0 Å². The number of rotatable bonds is 3. The molecule has 0 aliphatic heterocycles. The monoisotopic (exact) mass is 174 g/mol. The second-order valence-electron chi connectivity index (χ2n) is 3.09. The first-order chi connectivity index (χ1) is 6.40. The predicted octanol–water partition coefficient (Wildman–Crippen LogP) is 1.29. The molecule has 66 valence electrons. The normalized spacial score (nSPS) is 15.0. The summed E-state index contributed by atoms with van der Waals surface area (Å²) in [7, 11) is 0. The Hall–Kier alpha value is -1.63. The standard InChI is InChI=1S/C9H10N4/c10-4-6-11-8-3-5-12-9(13-8)7-1-2-7/h3,5,7H,1-2,6H2,(H,11,12,13). The van der Waals surface area contributed by atoms with Gasteiger partial charge in [0.15, 0.2) is 0 Å². The number of anilines is 1. The van der Waals surface area contributed by atoms with Gasteiger partial charge in [-0.2, -0.15) is 5.26 Å². The minimum atomic E-state index is 0.293. The third kappa shape index (κ3) is 1.94. The third-order valence-corrected chi connectivity index (χ3v) is 1.97. The molecule has 0 saturated heterocycles. The van der Waals surface area contributed by atoms with Crippen LogP contribution in [0.25, 0.3) is 0 Å². The molecule has 0 unspecified atom stereocenters. The van der Waals surface area contributed by atoms with Crippen molar-refractivity contribution in [3.63, 3.8) is 0 Å². The van der Waals surface area contributed by atoms with Gasteiger partial charge in [0.05, 0.1) is 6.07 Å². The Kier molecular flexibility index (Phi) is 2.09. The largest absolute Gasteiger partial charge is 0.357 e. The fourth-order valence-electron chi connectivity index (χ4n) is 1.14. The Bertz CT molecular complexity index is 338. The fourth-order valence-corrected chi connectivity index (χ4v) is 1.14. The van der Waals surface area contributed by atoms with E-state index in [9.17, 15) is 0 Å². The van der Waals surface area contributed by atoms with Crippen molar-refractivity contribution in [2.45, 2.75) is 18.8 Å². The maximum absolute atomic E-state index is 8.36. The van der Waals surface area contributed by atoms with Crippen molar-refractivity contribution in [1.29, 1.82) is 5.26 Å². The molecule has 4 nitrogen and oxygen atoms in total. The van der Waals surface area contributed by atoms with E-state index in [-0.39, 0.29) is 0 Å². The molecule has 1 N–H and O–H groups in total. The Labute approximate surface area is 76.6 Å². The number of hydrogen-bond donors (Lipinski definition) is 1. The van der Waals surface area contributed by atoms with Crippen LogP contribution in [0.1, 0.15) is 24.6 Å². The first kappa shape index (κ1) is 7.99. The molecule has 1 aliphatic carbocycles. The van der Waals surface area contributed by atoms with Crippen LogP contribution in [0, 0.1) is 11.3 Å². The highest BCUT2D eigenvalue weighted by Gasteiger charge is 2.26. The van der Waals surface area contributed by atoms with Crippen molar-refractivity contribution >= 4 is 5.82 Å². The Balaban J connectivity index is 2.08. The summed E-state index contributed by atoms with van der Waals surface area (Å²) in [5, 5.41) is 11.3. The zero-order valence-electron chi connectivity index (χ0n) is 7.20. The molecule has 0 aromatic carbocycles. The third-order valence-electron chi connectivity index (χ3n) is 1.97. The van der Waals surface area contributed by atoms with Gasteiger partial charge in [-0.05, 0) is 18.9 Å². The van der Waals surface area contributed by atoms with E-state index < -0.39 is 0 Å². The van der Waals surface area contributed by atoms with Gasteiger partial charge in [-0.15, -0.1) is 0 Å². The lowest BCUT2D eigenvalue weighted by Crippen LogP contribution is -2.03. The number of nitriles is 1.